The molecular formula is C52H79N3O17P2. The van der Waals surface area contributed by atoms with Gasteiger partial charge in [-0.2, -0.15) is 9.29 Å². The number of unbranched alkanes of at least 4 members (excludes halogenated alkanes) is 6. The van der Waals surface area contributed by atoms with Gasteiger partial charge < -0.3 is 50.2 Å². The zero-order valence-electron chi connectivity index (χ0n) is 42.6. The van der Waals surface area contributed by atoms with Gasteiger partial charge in [-0.15, -0.1) is 0 Å². The molecule has 22 heteroatoms. The Labute approximate surface area is 435 Å². The minimum absolute atomic E-state index is 0.0281. The number of nitrogens with two attached hydrogens (primary N) is 1. The first-order chi connectivity index (χ1) is 35.5. The first-order valence-corrected chi connectivity index (χ1v) is 28.1. The number of nitrogens with zero attached hydrogens (tertiary/aromatic N) is 2. The molecule has 74 heavy (non-hydrogen) atoms. The molecule has 414 valence electrons. The molecule has 9 atom stereocenters. The number of carbonyl (C=O) groups is 2. The molecular weight excluding hydrogens is 1000 g/mol. The number of ether oxygens (including phenoxy) is 3. The molecule has 0 aromatic carbocycles. The Balaban J connectivity index is 1.90. The quantitative estimate of drug-likeness (QED) is 0.0107. The number of aliphatic hydroxyl groups excluding tert-OH is 4. The van der Waals surface area contributed by atoms with Crippen molar-refractivity contribution in [3.05, 3.63) is 132 Å². The summed E-state index contributed by atoms with van der Waals surface area (Å²) >= 11 is 0. The smallest absolute Gasteiger partial charge is 0.462 e. The lowest BCUT2D eigenvalue weighted by molar-refractivity contribution is -0.161. The third-order valence-corrected chi connectivity index (χ3v) is 13.1. The Bertz CT molecular complexity index is 2200. The number of phosphoric ester groups is 2. The number of esters is 2. The molecule has 2 heterocycles. The monoisotopic (exact) mass is 1080 g/mol. The second-order valence-electron chi connectivity index (χ2n) is 17.0. The minimum atomic E-state index is -5.49. The Morgan fingerprint density at radius 2 is 1.36 bits per heavy atom. The van der Waals surface area contributed by atoms with E-state index < -0.39 is 95.9 Å². The van der Waals surface area contributed by atoms with E-state index in [1.807, 2.05) is 49.5 Å². The lowest BCUT2D eigenvalue weighted by atomic mass is 10.1. The molecule has 0 aliphatic carbocycles. The van der Waals surface area contributed by atoms with Crippen LogP contribution in [0.25, 0.3) is 0 Å². The second kappa shape index (κ2) is 38.8. The normalized spacial score (nSPS) is 20.6. The molecule has 2 rings (SSSR count). The highest BCUT2D eigenvalue weighted by Gasteiger charge is 2.46. The molecule has 2 unspecified atom stereocenters. The van der Waals surface area contributed by atoms with Crippen LogP contribution >= 0.6 is 15.6 Å². The Morgan fingerprint density at radius 3 is 2.04 bits per heavy atom. The predicted octanol–water partition coefficient (Wildman–Crippen LogP) is 8.16. The molecule has 1 aliphatic rings. The van der Waals surface area contributed by atoms with E-state index in [2.05, 4.69) is 40.5 Å². The zero-order valence-corrected chi connectivity index (χ0v) is 44.4. The van der Waals surface area contributed by atoms with Crippen LogP contribution in [0.3, 0.4) is 0 Å². The Hall–Kier alpha value is -4.66. The van der Waals surface area contributed by atoms with Crippen LogP contribution in [0.5, 0.6) is 0 Å². The third kappa shape index (κ3) is 31.3. The van der Waals surface area contributed by atoms with Crippen molar-refractivity contribution in [2.45, 2.75) is 159 Å². The largest absolute Gasteiger partial charge is 0.481 e. The topological polar surface area (TPSA) is 306 Å². The number of phosphoric acid groups is 2. The van der Waals surface area contributed by atoms with Gasteiger partial charge in [-0.25, -0.2) is 13.9 Å². The summed E-state index contributed by atoms with van der Waals surface area (Å²) in [6.07, 6.45) is 36.7. The van der Waals surface area contributed by atoms with E-state index in [0.717, 1.165) is 42.9 Å². The summed E-state index contributed by atoms with van der Waals surface area (Å²) in [6, 6.07) is 1.23. The van der Waals surface area contributed by atoms with E-state index in [1.165, 1.54) is 31.4 Å². The summed E-state index contributed by atoms with van der Waals surface area (Å²) in [6.45, 7) is 1.69. The van der Waals surface area contributed by atoms with Crippen molar-refractivity contribution in [3.63, 3.8) is 0 Å². The van der Waals surface area contributed by atoms with Crippen LogP contribution in [0.2, 0.25) is 0 Å². The van der Waals surface area contributed by atoms with Crippen LogP contribution in [0.1, 0.15) is 123 Å². The molecule has 0 spiro atoms. The Morgan fingerprint density at radius 1 is 0.743 bits per heavy atom. The number of carbonyl (C=O) groups excluding carboxylic acids is 2. The summed E-state index contributed by atoms with van der Waals surface area (Å²) in [7, 11) is -11.0. The average molecular weight is 1080 g/mol. The van der Waals surface area contributed by atoms with Gasteiger partial charge in [0, 0.05) is 19.0 Å². The van der Waals surface area contributed by atoms with Gasteiger partial charge in [0.1, 0.15) is 30.7 Å². The maximum atomic E-state index is 12.9. The molecule has 0 saturated carbocycles. The van der Waals surface area contributed by atoms with Crippen molar-refractivity contribution in [2.24, 2.45) is 0 Å². The van der Waals surface area contributed by atoms with Crippen molar-refractivity contribution >= 4 is 33.4 Å². The fourth-order valence-electron chi connectivity index (χ4n) is 6.59. The average Bonchev–Trinajstić information content (AvgIpc) is 3.63. The van der Waals surface area contributed by atoms with E-state index >= 15 is 0 Å². The van der Waals surface area contributed by atoms with Gasteiger partial charge in [-0.3, -0.25) is 23.2 Å². The van der Waals surface area contributed by atoms with E-state index in [9.17, 15) is 53.7 Å². The van der Waals surface area contributed by atoms with Crippen LogP contribution in [0.15, 0.2) is 126 Å². The van der Waals surface area contributed by atoms with Gasteiger partial charge in [0.2, 0.25) is 0 Å². The van der Waals surface area contributed by atoms with Crippen LogP contribution in [-0.2, 0) is 46.3 Å². The van der Waals surface area contributed by atoms with Crippen LogP contribution in [-0.4, -0.2) is 108 Å². The molecule has 1 saturated heterocycles. The second-order valence-corrected chi connectivity index (χ2v) is 20.0. The fourth-order valence-corrected chi connectivity index (χ4v) is 8.70. The highest BCUT2D eigenvalue weighted by molar-refractivity contribution is 7.61. The number of nitrogen functional groups attached to an aromatic ring is 1. The van der Waals surface area contributed by atoms with Crippen LogP contribution in [0, 0.1) is 0 Å². The van der Waals surface area contributed by atoms with E-state index in [1.54, 1.807) is 36.5 Å². The predicted molar refractivity (Wildman–Crippen MR) is 282 cm³/mol. The molecule has 1 fully saturated rings. The standard InChI is InChI=1S/C52H79N3O17P2/c1-3-5-7-8-9-10-11-12-13-14-15-16-20-23-29-35-47(58)67-39-44(70-48(59)36-30-24-28-34-43(57)33-27-22-19-17-18-21-26-32-42(56)31-25-6-4-2)40-68-73(63,64)72-74(65,66)69-41-45-49(60)50(61)51(71-45)55-38-37-46(53)54-52(55)62/h6,9-10,12-13,15-16,18-19,21-22,25-28,32-34,37-38,42-45,49-51,56-57,60-61H,3-5,7-8,11,14,17,20,23-24,29-31,35-36,39-41H2,1-2H3,(H,63,64)(H,65,66)(H2,53,54,62)/b10-9-,13-12-,16-15-,21-18-,22-19-,25-6-,32-26+,33-27+,34-28-/t42-,43-,44+,45+,49+,50+,51+/m0/s1. The number of aliphatic hydroxyl groups is 4. The molecule has 0 radical (unpaired) electrons. The van der Waals surface area contributed by atoms with Gasteiger partial charge in [0.05, 0.1) is 25.4 Å². The number of hydrogen-bond acceptors (Lipinski definition) is 17. The van der Waals surface area contributed by atoms with Gasteiger partial charge in [0.15, 0.2) is 12.3 Å². The number of anilines is 1. The molecule has 20 nitrogen and oxygen atoms in total. The summed E-state index contributed by atoms with van der Waals surface area (Å²) in [5, 5.41) is 41.0. The highest BCUT2D eigenvalue weighted by Crippen LogP contribution is 2.60. The SMILES string of the molecule is CC/C=C\C[C@H](O)/C=C/C=C\C/C=C\C=C\[C@H](O)/C=C\CCCC(=O)O[C@H](COC(=O)CCCC/C=C\C/C=C\C/C=C\CCCCC)COP(=O)(O)OP(=O)(O)OC[C@H]1O[C@@H](n2ccc(N)nc2=O)[C@H](O)[C@@H]1O. The number of hydrogen-bond donors (Lipinski definition) is 7. The van der Waals surface area contributed by atoms with Crippen LogP contribution in [0.4, 0.5) is 5.82 Å². The van der Waals surface area contributed by atoms with Gasteiger partial charge >= 0.3 is 33.3 Å². The van der Waals surface area contributed by atoms with Crippen LogP contribution < -0.4 is 11.4 Å². The van der Waals surface area contributed by atoms with Gasteiger partial charge in [0.25, 0.3) is 0 Å². The van der Waals surface area contributed by atoms with Gasteiger partial charge in [-0.1, -0.05) is 136 Å². The maximum Gasteiger partial charge on any atom is 0.481 e. The van der Waals surface area contributed by atoms with E-state index in [4.69, 9.17) is 29.0 Å². The lowest BCUT2D eigenvalue weighted by Crippen LogP contribution is -2.36. The van der Waals surface area contributed by atoms with Crippen molar-refractivity contribution in [3.8, 4) is 0 Å². The van der Waals surface area contributed by atoms with E-state index in [-0.39, 0.29) is 25.1 Å². The van der Waals surface area contributed by atoms with Crippen molar-refractivity contribution in [1.29, 1.82) is 0 Å². The van der Waals surface area contributed by atoms with E-state index in [0.29, 0.717) is 32.1 Å². The summed E-state index contributed by atoms with van der Waals surface area (Å²) < 4.78 is 56.5. The van der Waals surface area contributed by atoms with Gasteiger partial charge in [-0.05, 0) is 83.1 Å². The van der Waals surface area contributed by atoms with Crippen molar-refractivity contribution < 1.29 is 76.5 Å². The number of rotatable bonds is 39. The molecule has 0 bridgehead atoms. The first-order valence-electron chi connectivity index (χ1n) is 25.1. The highest BCUT2D eigenvalue weighted by atomic mass is 31.3. The van der Waals surface area contributed by atoms with Crippen molar-refractivity contribution in [2.75, 3.05) is 25.6 Å². The number of allylic oxidation sites excluding steroid dienone is 14. The third-order valence-electron chi connectivity index (χ3n) is 10.5. The summed E-state index contributed by atoms with van der Waals surface area (Å²) in [5.41, 5.74) is 4.56. The summed E-state index contributed by atoms with van der Waals surface area (Å²) in [5.74, 6) is -1.55. The number of aromatic nitrogens is 2. The molecule has 1 aliphatic heterocycles. The molecule has 1 aromatic rings. The molecule has 1 aromatic heterocycles. The maximum absolute atomic E-state index is 12.9. The lowest BCUT2D eigenvalue weighted by Gasteiger charge is -2.21. The minimum Gasteiger partial charge on any atom is -0.462 e. The van der Waals surface area contributed by atoms with Crippen molar-refractivity contribution in [1.82, 2.24) is 9.55 Å². The summed E-state index contributed by atoms with van der Waals surface area (Å²) in [4.78, 5) is 61.9. The first kappa shape index (κ1) is 65.5. The molecule has 8 N–H and O–H groups in total. The fraction of sp³-hybridized carbons (Fsp3) is 0.538. The Kier molecular flexibility index (Phi) is 34.3. The molecule has 0 amide bonds. The zero-order chi connectivity index (χ0) is 54.5.